The van der Waals surface area contributed by atoms with Crippen molar-refractivity contribution < 1.29 is 19.3 Å². The highest BCUT2D eigenvalue weighted by Gasteiger charge is 2.23. The minimum absolute atomic E-state index is 0.507. The van der Waals surface area contributed by atoms with Crippen LogP contribution in [0.4, 0.5) is 5.82 Å². The number of aromatic nitrogens is 2. The van der Waals surface area contributed by atoms with Crippen molar-refractivity contribution in [2.45, 2.75) is 19.3 Å². The standard InChI is InChI=1S/C17H24N3O4P/c1-23-14-4-3-13-15(16(14)24-2)18-11-19-17(13)20-8-5-12(6-9-20)7-10-25(21)22/h3-4,11-12,21-22H,5-10H2,1-2H3. The fourth-order valence-electron chi connectivity index (χ4n) is 3.41. The Morgan fingerprint density at radius 2 is 1.92 bits per heavy atom. The van der Waals surface area contributed by atoms with Crippen molar-refractivity contribution in [3.63, 3.8) is 0 Å². The number of anilines is 1. The summed E-state index contributed by atoms with van der Waals surface area (Å²) in [5.41, 5.74) is 0.750. The van der Waals surface area contributed by atoms with Crippen molar-refractivity contribution in [3.05, 3.63) is 18.5 Å². The Bertz CT molecular complexity index is 720. The maximum Gasteiger partial charge on any atom is 0.187 e. The molecule has 0 unspecified atom stereocenters. The van der Waals surface area contributed by atoms with Crippen molar-refractivity contribution in [1.82, 2.24) is 9.97 Å². The third-order valence-electron chi connectivity index (χ3n) is 4.78. The predicted octanol–water partition coefficient (Wildman–Crippen LogP) is 2.55. The Morgan fingerprint density at radius 3 is 2.56 bits per heavy atom. The van der Waals surface area contributed by atoms with Gasteiger partial charge in [-0.1, -0.05) is 0 Å². The second-order valence-corrected chi connectivity index (χ2v) is 7.40. The zero-order valence-electron chi connectivity index (χ0n) is 14.6. The molecular formula is C17H24N3O4P. The van der Waals surface area contributed by atoms with Crippen LogP contribution in [0, 0.1) is 5.92 Å². The number of nitrogens with zero attached hydrogens (tertiary/aromatic N) is 3. The highest BCUT2D eigenvalue weighted by molar-refractivity contribution is 7.45. The van der Waals surface area contributed by atoms with E-state index >= 15 is 0 Å². The molecule has 136 valence electrons. The first-order valence-corrected chi connectivity index (χ1v) is 9.83. The highest BCUT2D eigenvalue weighted by Crippen LogP contribution is 2.38. The van der Waals surface area contributed by atoms with E-state index in [4.69, 9.17) is 19.3 Å². The van der Waals surface area contributed by atoms with Crippen molar-refractivity contribution >= 4 is 25.1 Å². The van der Waals surface area contributed by atoms with E-state index in [0.717, 1.165) is 49.1 Å². The van der Waals surface area contributed by atoms with Crippen LogP contribution in [-0.2, 0) is 0 Å². The molecular weight excluding hydrogens is 341 g/mol. The summed E-state index contributed by atoms with van der Waals surface area (Å²) in [7, 11) is 1.45. The predicted molar refractivity (Wildman–Crippen MR) is 98.4 cm³/mol. The van der Waals surface area contributed by atoms with Crippen LogP contribution < -0.4 is 14.4 Å². The molecule has 2 aromatic rings. The molecule has 25 heavy (non-hydrogen) atoms. The van der Waals surface area contributed by atoms with Gasteiger partial charge in [-0.3, -0.25) is 0 Å². The fourth-order valence-corrected chi connectivity index (χ4v) is 4.01. The molecule has 8 heteroatoms. The van der Waals surface area contributed by atoms with Crippen LogP contribution in [0.5, 0.6) is 11.5 Å². The molecule has 0 radical (unpaired) electrons. The van der Waals surface area contributed by atoms with Gasteiger partial charge in [0.15, 0.2) is 19.9 Å². The minimum atomic E-state index is -1.77. The average Bonchev–Trinajstić information content (AvgIpc) is 2.65. The number of rotatable bonds is 6. The summed E-state index contributed by atoms with van der Waals surface area (Å²) in [6.07, 6.45) is 5.01. The van der Waals surface area contributed by atoms with Gasteiger partial charge in [-0.25, -0.2) is 9.97 Å². The van der Waals surface area contributed by atoms with Crippen LogP contribution in [0.25, 0.3) is 10.9 Å². The molecule has 0 spiro atoms. The van der Waals surface area contributed by atoms with E-state index in [1.165, 1.54) is 0 Å². The normalized spacial score (nSPS) is 15.8. The summed E-state index contributed by atoms with van der Waals surface area (Å²) in [4.78, 5) is 29.3. The first kappa shape index (κ1) is 18.1. The van der Waals surface area contributed by atoms with E-state index in [0.29, 0.717) is 23.6 Å². The number of hydrogen-bond acceptors (Lipinski definition) is 7. The molecule has 1 aliphatic rings. The topological polar surface area (TPSA) is 87.9 Å². The van der Waals surface area contributed by atoms with E-state index in [1.807, 2.05) is 12.1 Å². The summed E-state index contributed by atoms with van der Waals surface area (Å²) >= 11 is 0. The first-order valence-electron chi connectivity index (χ1n) is 8.40. The molecule has 2 N–H and O–H groups in total. The molecule has 1 saturated heterocycles. The monoisotopic (exact) mass is 365 g/mol. The number of fused-ring (bicyclic) bond motifs is 1. The van der Waals surface area contributed by atoms with Gasteiger partial charge in [0, 0.05) is 24.6 Å². The lowest BCUT2D eigenvalue weighted by molar-refractivity contribution is 0.358. The average molecular weight is 365 g/mol. The molecule has 1 aliphatic heterocycles. The SMILES string of the molecule is COc1ccc2c(N3CCC(CCP(O)O)CC3)ncnc2c1OC. The molecule has 0 bridgehead atoms. The lowest BCUT2D eigenvalue weighted by atomic mass is 9.94. The number of benzene rings is 1. The lowest BCUT2D eigenvalue weighted by Gasteiger charge is -2.33. The van der Waals surface area contributed by atoms with Gasteiger partial charge >= 0.3 is 0 Å². The summed E-state index contributed by atoms with van der Waals surface area (Å²) in [6.45, 7) is 1.81. The largest absolute Gasteiger partial charge is 0.493 e. The molecule has 0 atom stereocenters. The zero-order chi connectivity index (χ0) is 17.8. The Hall–Kier alpha value is -1.69. The van der Waals surface area contributed by atoms with E-state index in [1.54, 1.807) is 20.5 Å². The van der Waals surface area contributed by atoms with Gasteiger partial charge in [-0.15, -0.1) is 0 Å². The van der Waals surface area contributed by atoms with Gasteiger partial charge in [0.1, 0.15) is 17.7 Å². The maximum atomic E-state index is 9.09. The fraction of sp³-hybridized carbons (Fsp3) is 0.529. The van der Waals surface area contributed by atoms with E-state index in [9.17, 15) is 0 Å². The smallest absolute Gasteiger partial charge is 0.187 e. The van der Waals surface area contributed by atoms with Gasteiger partial charge in [-0.2, -0.15) is 0 Å². The summed E-state index contributed by atoms with van der Waals surface area (Å²) < 4.78 is 10.8. The Kier molecular flexibility index (Phi) is 5.89. The second-order valence-electron chi connectivity index (χ2n) is 6.21. The van der Waals surface area contributed by atoms with Gasteiger partial charge in [0.05, 0.1) is 14.2 Å². The molecule has 7 nitrogen and oxygen atoms in total. The Balaban J connectivity index is 1.81. The summed E-state index contributed by atoms with van der Waals surface area (Å²) in [6, 6.07) is 3.86. The lowest BCUT2D eigenvalue weighted by Crippen LogP contribution is -2.34. The minimum Gasteiger partial charge on any atom is -0.493 e. The van der Waals surface area contributed by atoms with Crippen LogP contribution in [0.1, 0.15) is 19.3 Å². The van der Waals surface area contributed by atoms with Crippen LogP contribution in [0.3, 0.4) is 0 Å². The van der Waals surface area contributed by atoms with Crippen LogP contribution in [-0.4, -0.2) is 53.2 Å². The zero-order valence-corrected chi connectivity index (χ0v) is 15.4. The summed E-state index contributed by atoms with van der Waals surface area (Å²) in [5, 5.41) is 0.952. The first-order chi connectivity index (χ1) is 12.1. The second kappa shape index (κ2) is 8.13. The van der Waals surface area contributed by atoms with Crippen LogP contribution in [0.15, 0.2) is 18.5 Å². The van der Waals surface area contributed by atoms with Gasteiger partial charge in [0.2, 0.25) is 0 Å². The maximum absolute atomic E-state index is 9.09. The Morgan fingerprint density at radius 1 is 1.16 bits per heavy atom. The highest BCUT2D eigenvalue weighted by atomic mass is 31.2. The number of hydrogen-bond donors (Lipinski definition) is 2. The van der Waals surface area contributed by atoms with Gasteiger partial charge in [0.25, 0.3) is 0 Å². The quantitative estimate of drug-likeness (QED) is 0.761. The van der Waals surface area contributed by atoms with E-state index in [2.05, 4.69) is 14.9 Å². The van der Waals surface area contributed by atoms with Crippen molar-refractivity contribution in [2.75, 3.05) is 38.4 Å². The molecule has 1 aromatic carbocycles. The number of methoxy groups -OCH3 is 2. The van der Waals surface area contributed by atoms with E-state index in [-0.39, 0.29) is 0 Å². The summed E-state index contributed by atoms with van der Waals surface area (Å²) in [5.74, 6) is 2.74. The van der Waals surface area contributed by atoms with E-state index < -0.39 is 8.38 Å². The third-order valence-corrected chi connectivity index (χ3v) is 5.44. The van der Waals surface area contributed by atoms with Crippen LogP contribution in [0.2, 0.25) is 0 Å². The Labute approximate surface area is 148 Å². The van der Waals surface area contributed by atoms with Crippen molar-refractivity contribution in [2.24, 2.45) is 5.92 Å². The molecule has 0 amide bonds. The number of piperidine rings is 1. The van der Waals surface area contributed by atoms with Gasteiger partial charge < -0.3 is 24.2 Å². The molecule has 1 aromatic heterocycles. The molecule has 0 aliphatic carbocycles. The van der Waals surface area contributed by atoms with Crippen LogP contribution >= 0.6 is 8.38 Å². The molecule has 1 fully saturated rings. The number of ether oxygens (including phenoxy) is 2. The van der Waals surface area contributed by atoms with Gasteiger partial charge in [-0.05, 0) is 37.3 Å². The molecule has 3 rings (SSSR count). The van der Waals surface area contributed by atoms with Crippen molar-refractivity contribution in [1.29, 1.82) is 0 Å². The third kappa shape index (κ3) is 3.94. The molecule has 2 heterocycles. The molecule has 0 saturated carbocycles. The van der Waals surface area contributed by atoms with Crippen molar-refractivity contribution in [3.8, 4) is 11.5 Å².